The summed E-state index contributed by atoms with van der Waals surface area (Å²) < 4.78 is 72.0. The van der Waals surface area contributed by atoms with Gasteiger partial charge in [0.05, 0.1) is 16.6 Å². The molecule has 0 N–H and O–H groups in total. The molecule has 0 spiro atoms. The van der Waals surface area contributed by atoms with Gasteiger partial charge in [0.25, 0.3) is 0 Å². The standard InChI is InChI=1S/C20H27F3N2O4S/c1-14-7-10-24(13-17(14)29-2)19(26)15-8-11-25(12-9-15)30(27,28)18-6-4-3-5-16(18)20(21,22)23/h3-6,14-15,17H,7-13H2,1-2H3/t14-,17-/m1/s1. The van der Waals surface area contributed by atoms with Crippen molar-refractivity contribution in [2.75, 3.05) is 33.3 Å². The number of carbonyl (C=O) groups excluding carboxylic acids is 1. The number of amides is 1. The second-order valence-electron chi connectivity index (χ2n) is 8.00. The van der Waals surface area contributed by atoms with Crippen molar-refractivity contribution in [1.29, 1.82) is 0 Å². The molecule has 0 saturated carbocycles. The van der Waals surface area contributed by atoms with E-state index in [-0.39, 0.29) is 43.9 Å². The average molecular weight is 449 g/mol. The molecular weight excluding hydrogens is 421 g/mol. The molecule has 2 aliphatic heterocycles. The lowest BCUT2D eigenvalue weighted by Crippen LogP contribution is -2.50. The highest BCUT2D eigenvalue weighted by Crippen LogP contribution is 2.36. The number of hydrogen-bond acceptors (Lipinski definition) is 4. The Morgan fingerprint density at radius 1 is 1.10 bits per heavy atom. The Balaban J connectivity index is 1.68. The molecule has 10 heteroatoms. The van der Waals surface area contributed by atoms with Crippen LogP contribution in [0.3, 0.4) is 0 Å². The number of methoxy groups -OCH3 is 1. The Morgan fingerprint density at radius 3 is 2.33 bits per heavy atom. The Labute approximate surface area is 175 Å². The molecule has 2 atom stereocenters. The minimum Gasteiger partial charge on any atom is -0.379 e. The first-order chi connectivity index (χ1) is 14.1. The van der Waals surface area contributed by atoms with Crippen molar-refractivity contribution >= 4 is 15.9 Å². The molecule has 0 bridgehead atoms. The number of benzene rings is 1. The molecule has 2 saturated heterocycles. The van der Waals surface area contributed by atoms with E-state index in [1.54, 1.807) is 12.0 Å². The van der Waals surface area contributed by atoms with Crippen molar-refractivity contribution in [3.05, 3.63) is 29.8 Å². The van der Waals surface area contributed by atoms with E-state index in [0.29, 0.717) is 19.0 Å². The summed E-state index contributed by atoms with van der Waals surface area (Å²) in [5.74, 6) is -0.00310. The normalized spacial score (nSPS) is 24.8. The SMILES string of the molecule is CO[C@@H]1CN(C(=O)C2CCN(S(=O)(=O)c3ccccc3C(F)(F)F)CC2)CC[C@H]1C. The molecule has 1 aromatic rings. The van der Waals surface area contributed by atoms with Gasteiger partial charge in [-0.05, 0) is 37.3 Å². The topological polar surface area (TPSA) is 66.9 Å². The molecule has 0 radical (unpaired) electrons. The smallest absolute Gasteiger partial charge is 0.379 e. The lowest BCUT2D eigenvalue weighted by Gasteiger charge is -2.39. The molecule has 30 heavy (non-hydrogen) atoms. The summed E-state index contributed by atoms with van der Waals surface area (Å²) in [7, 11) is -2.68. The van der Waals surface area contributed by atoms with Gasteiger partial charge in [-0.2, -0.15) is 17.5 Å². The first-order valence-electron chi connectivity index (χ1n) is 10.0. The molecular formula is C20H27F3N2O4S. The zero-order chi connectivity index (χ0) is 22.1. The van der Waals surface area contributed by atoms with Gasteiger partial charge < -0.3 is 9.64 Å². The van der Waals surface area contributed by atoms with Gasteiger partial charge in [0.1, 0.15) is 0 Å². The number of likely N-dealkylation sites (tertiary alicyclic amines) is 1. The zero-order valence-electron chi connectivity index (χ0n) is 17.1. The minimum atomic E-state index is -4.76. The summed E-state index contributed by atoms with van der Waals surface area (Å²) in [5, 5.41) is 0. The van der Waals surface area contributed by atoms with Gasteiger partial charge in [0.15, 0.2) is 0 Å². The zero-order valence-corrected chi connectivity index (χ0v) is 17.9. The highest BCUT2D eigenvalue weighted by Gasteiger charge is 2.41. The summed E-state index contributed by atoms with van der Waals surface area (Å²) >= 11 is 0. The third-order valence-corrected chi connectivity index (χ3v) is 8.07. The van der Waals surface area contributed by atoms with E-state index in [0.717, 1.165) is 22.9 Å². The number of alkyl halides is 3. The van der Waals surface area contributed by atoms with Crippen LogP contribution in [0.4, 0.5) is 13.2 Å². The van der Waals surface area contributed by atoms with Crippen molar-refractivity contribution in [3.8, 4) is 0 Å². The van der Waals surface area contributed by atoms with Crippen LogP contribution in [-0.2, 0) is 25.7 Å². The Kier molecular flexibility index (Phi) is 6.78. The lowest BCUT2D eigenvalue weighted by molar-refractivity contribution is -0.141. The van der Waals surface area contributed by atoms with Crippen LogP contribution < -0.4 is 0 Å². The minimum absolute atomic E-state index is 0.0167. The van der Waals surface area contributed by atoms with Crippen LogP contribution >= 0.6 is 0 Å². The number of hydrogen-bond donors (Lipinski definition) is 0. The second kappa shape index (κ2) is 8.84. The van der Waals surface area contributed by atoms with E-state index >= 15 is 0 Å². The van der Waals surface area contributed by atoms with Crippen LogP contribution in [0.25, 0.3) is 0 Å². The van der Waals surface area contributed by atoms with Crippen LogP contribution in [0.5, 0.6) is 0 Å². The van der Waals surface area contributed by atoms with Gasteiger partial charge in [-0.3, -0.25) is 4.79 Å². The molecule has 2 aliphatic rings. The van der Waals surface area contributed by atoms with Crippen molar-refractivity contribution in [1.82, 2.24) is 9.21 Å². The fraction of sp³-hybridized carbons (Fsp3) is 0.650. The largest absolute Gasteiger partial charge is 0.417 e. The molecule has 0 unspecified atom stereocenters. The summed E-state index contributed by atoms with van der Waals surface area (Å²) in [5.41, 5.74) is -1.17. The number of sulfonamides is 1. The first kappa shape index (κ1) is 23.0. The molecule has 3 rings (SSSR count). The number of carbonyl (C=O) groups is 1. The van der Waals surface area contributed by atoms with Crippen LogP contribution in [-0.4, -0.2) is 62.9 Å². The van der Waals surface area contributed by atoms with Crippen LogP contribution in [0.15, 0.2) is 29.2 Å². The molecule has 6 nitrogen and oxygen atoms in total. The molecule has 1 amide bonds. The lowest BCUT2D eigenvalue weighted by atomic mass is 9.92. The van der Waals surface area contributed by atoms with Crippen LogP contribution in [0.1, 0.15) is 31.7 Å². The van der Waals surface area contributed by atoms with Crippen molar-refractivity contribution in [3.63, 3.8) is 0 Å². The highest BCUT2D eigenvalue weighted by molar-refractivity contribution is 7.89. The Morgan fingerprint density at radius 2 is 1.73 bits per heavy atom. The predicted octanol–water partition coefficient (Wildman–Crippen LogP) is 2.99. The molecule has 2 fully saturated rings. The molecule has 168 valence electrons. The number of ether oxygens (including phenoxy) is 1. The summed E-state index contributed by atoms with van der Waals surface area (Å²) in [6, 6.07) is 4.20. The van der Waals surface area contributed by atoms with E-state index in [1.165, 1.54) is 12.1 Å². The number of halogens is 3. The van der Waals surface area contributed by atoms with Crippen LogP contribution in [0.2, 0.25) is 0 Å². The van der Waals surface area contributed by atoms with Gasteiger partial charge in [0, 0.05) is 39.2 Å². The van der Waals surface area contributed by atoms with Crippen molar-refractivity contribution < 1.29 is 31.1 Å². The van der Waals surface area contributed by atoms with Gasteiger partial charge >= 0.3 is 6.18 Å². The fourth-order valence-corrected chi connectivity index (χ4v) is 5.89. The van der Waals surface area contributed by atoms with Gasteiger partial charge in [0.2, 0.25) is 15.9 Å². The van der Waals surface area contributed by atoms with Gasteiger partial charge in [-0.15, -0.1) is 0 Å². The average Bonchev–Trinajstić information content (AvgIpc) is 2.73. The first-order valence-corrected chi connectivity index (χ1v) is 11.5. The number of rotatable bonds is 4. The maximum absolute atomic E-state index is 13.3. The van der Waals surface area contributed by atoms with Crippen LogP contribution in [0, 0.1) is 11.8 Å². The Bertz CT molecular complexity index is 867. The monoisotopic (exact) mass is 448 g/mol. The summed E-state index contributed by atoms with van der Waals surface area (Å²) in [4.78, 5) is 13.9. The molecule has 1 aromatic carbocycles. The summed E-state index contributed by atoms with van der Waals surface area (Å²) in [6.45, 7) is 3.26. The van der Waals surface area contributed by atoms with E-state index in [1.807, 2.05) is 0 Å². The van der Waals surface area contributed by atoms with E-state index in [9.17, 15) is 26.4 Å². The Hall–Kier alpha value is -1.65. The predicted molar refractivity (Wildman–Crippen MR) is 104 cm³/mol. The summed E-state index contributed by atoms with van der Waals surface area (Å²) in [6.07, 6.45) is -3.37. The highest BCUT2D eigenvalue weighted by atomic mass is 32.2. The second-order valence-corrected chi connectivity index (χ2v) is 9.90. The maximum atomic E-state index is 13.3. The number of piperidine rings is 2. The van der Waals surface area contributed by atoms with Gasteiger partial charge in [-0.25, -0.2) is 8.42 Å². The van der Waals surface area contributed by atoms with Crippen molar-refractivity contribution in [2.24, 2.45) is 11.8 Å². The third kappa shape index (κ3) is 4.65. The van der Waals surface area contributed by atoms with E-state index in [4.69, 9.17) is 4.74 Å². The van der Waals surface area contributed by atoms with E-state index < -0.39 is 26.7 Å². The van der Waals surface area contributed by atoms with E-state index in [2.05, 4.69) is 6.92 Å². The maximum Gasteiger partial charge on any atom is 0.417 e. The quantitative estimate of drug-likeness (QED) is 0.710. The fourth-order valence-electron chi connectivity index (χ4n) is 4.21. The van der Waals surface area contributed by atoms with Gasteiger partial charge in [-0.1, -0.05) is 19.1 Å². The molecule has 0 aliphatic carbocycles. The molecule has 2 heterocycles. The molecule has 0 aromatic heterocycles. The van der Waals surface area contributed by atoms with Crippen molar-refractivity contribution in [2.45, 2.75) is 43.4 Å². The third-order valence-electron chi connectivity index (χ3n) is 6.12. The number of nitrogens with zero attached hydrogens (tertiary/aromatic N) is 2.